The fourth-order valence-electron chi connectivity index (χ4n) is 3.69. The molecule has 0 N–H and O–H groups in total. The SMILES string of the molecule is CC(OCc1ccccc1)C(=O)N1CCCC(CN2CCOCC2)C1. The quantitative estimate of drug-likeness (QED) is 0.792. The summed E-state index contributed by atoms with van der Waals surface area (Å²) in [6.45, 7) is 8.84. The Hall–Kier alpha value is -1.43. The van der Waals surface area contributed by atoms with Crippen molar-refractivity contribution in [2.24, 2.45) is 5.92 Å². The van der Waals surface area contributed by atoms with Crippen molar-refractivity contribution in [1.29, 1.82) is 0 Å². The molecule has 138 valence electrons. The third-order valence-corrected chi connectivity index (χ3v) is 5.14. The van der Waals surface area contributed by atoms with Gasteiger partial charge in [0.05, 0.1) is 19.8 Å². The molecule has 0 radical (unpaired) electrons. The molecule has 1 aromatic carbocycles. The van der Waals surface area contributed by atoms with Crippen molar-refractivity contribution >= 4 is 5.91 Å². The first kappa shape index (κ1) is 18.4. The highest BCUT2D eigenvalue weighted by Gasteiger charge is 2.28. The van der Waals surface area contributed by atoms with E-state index in [0.29, 0.717) is 12.5 Å². The predicted molar refractivity (Wildman–Crippen MR) is 97.3 cm³/mol. The largest absolute Gasteiger partial charge is 0.379 e. The van der Waals surface area contributed by atoms with Gasteiger partial charge in [-0.3, -0.25) is 9.69 Å². The lowest BCUT2D eigenvalue weighted by atomic mass is 9.97. The summed E-state index contributed by atoms with van der Waals surface area (Å²) in [4.78, 5) is 17.2. The van der Waals surface area contributed by atoms with E-state index in [-0.39, 0.29) is 12.0 Å². The number of amides is 1. The maximum Gasteiger partial charge on any atom is 0.251 e. The molecule has 0 aromatic heterocycles. The molecule has 25 heavy (non-hydrogen) atoms. The molecule has 1 amide bonds. The summed E-state index contributed by atoms with van der Waals surface area (Å²) in [5.74, 6) is 0.694. The molecule has 0 spiro atoms. The number of benzene rings is 1. The molecule has 5 heteroatoms. The van der Waals surface area contributed by atoms with Crippen LogP contribution < -0.4 is 0 Å². The second kappa shape index (κ2) is 9.32. The first-order valence-corrected chi connectivity index (χ1v) is 9.47. The van der Waals surface area contributed by atoms with E-state index in [2.05, 4.69) is 4.90 Å². The highest BCUT2D eigenvalue weighted by molar-refractivity contribution is 5.80. The van der Waals surface area contributed by atoms with Crippen molar-refractivity contribution in [1.82, 2.24) is 9.80 Å². The zero-order valence-corrected chi connectivity index (χ0v) is 15.2. The van der Waals surface area contributed by atoms with Gasteiger partial charge in [-0.25, -0.2) is 0 Å². The molecule has 3 rings (SSSR count). The Morgan fingerprint density at radius 2 is 2.00 bits per heavy atom. The third kappa shape index (κ3) is 5.53. The minimum Gasteiger partial charge on any atom is -0.379 e. The second-order valence-corrected chi connectivity index (χ2v) is 7.14. The Kier molecular flexibility index (Phi) is 6.84. The van der Waals surface area contributed by atoms with Crippen LogP contribution in [0.15, 0.2) is 30.3 Å². The standard InChI is InChI=1S/C20H30N2O3/c1-17(25-16-18-6-3-2-4-7-18)20(23)22-9-5-8-19(15-22)14-21-10-12-24-13-11-21/h2-4,6-7,17,19H,5,8-16H2,1H3. The number of morpholine rings is 1. The number of hydrogen-bond acceptors (Lipinski definition) is 4. The molecule has 2 aliphatic heterocycles. The van der Waals surface area contributed by atoms with Crippen molar-refractivity contribution in [3.63, 3.8) is 0 Å². The van der Waals surface area contributed by atoms with E-state index in [1.165, 1.54) is 6.42 Å². The maximum atomic E-state index is 12.7. The zero-order valence-electron chi connectivity index (χ0n) is 15.2. The molecule has 2 fully saturated rings. The van der Waals surface area contributed by atoms with Crippen LogP contribution in [0.4, 0.5) is 0 Å². The molecule has 2 saturated heterocycles. The number of likely N-dealkylation sites (tertiary alicyclic amines) is 1. The molecule has 0 saturated carbocycles. The van der Waals surface area contributed by atoms with Crippen LogP contribution in [0.2, 0.25) is 0 Å². The van der Waals surface area contributed by atoms with Gasteiger partial charge in [0.1, 0.15) is 6.10 Å². The smallest absolute Gasteiger partial charge is 0.251 e. The summed E-state index contributed by atoms with van der Waals surface area (Å²) in [6.07, 6.45) is 1.91. The number of rotatable bonds is 6. The summed E-state index contributed by atoms with van der Waals surface area (Å²) >= 11 is 0. The number of hydrogen-bond donors (Lipinski definition) is 0. The highest BCUT2D eigenvalue weighted by atomic mass is 16.5. The van der Waals surface area contributed by atoms with E-state index in [0.717, 1.165) is 57.9 Å². The van der Waals surface area contributed by atoms with Crippen LogP contribution in [0.5, 0.6) is 0 Å². The molecule has 2 atom stereocenters. The first-order valence-electron chi connectivity index (χ1n) is 9.47. The zero-order chi connectivity index (χ0) is 17.5. The molecular weight excluding hydrogens is 316 g/mol. The second-order valence-electron chi connectivity index (χ2n) is 7.14. The monoisotopic (exact) mass is 346 g/mol. The van der Waals surface area contributed by atoms with Crippen LogP contribution in [-0.2, 0) is 20.9 Å². The van der Waals surface area contributed by atoms with Crippen LogP contribution in [-0.4, -0.2) is 67.7 Å². The van der Waals surface area contributed by atoms with Gasteiger partial charge in [0, 0.05) is 32.7 Å². The van der Waals surface area contributed by atoms with Crippen molar-refractivity contribution in [2.75, 3.05) is 45.9 Å². The Bertz CT molecular complexity index is 531. The lowest BCUT2D eigenvalue weighted by Crippen LogP contribution is -2.48. The first-order chi connectivity index (χ1) is 12.2. The van der Waals surface area contributed by atoms with Crippen LogP contribution >= 0.6 is 0 Å². The average molecular weight is 346 g/mol. The minimum absolute atomic E-state index is 0.127. The van der Waals surface area contributed by atoms with Gasteiger partial charge < -0.3 is 14.4 Å². The molecular formula is C20H30N2O3. The minimum atomic E-state index is -0.387. The van der Waals surface area contributed by atoms with Gasteiger partial charge in [0.25, 0.3) is 5.91 Å². The van der Waals surface area contributed by atoms with E-state index in [1.807, 2.05) is 42.2 Å². The molecule has 5 nitrogen and oxygen atoms in total. The highest BCUT2D eigenvalue weighted by Crippen LogP contribution is 2.19. The summed E-state index contributed by atoms with van der Waals surface area (Å²) in [6, 6.07) is 10.0. The van der Waals surface area contributed by atoms with Gasteiger partial charge in [-0.15, -0.1) is 0 Å². The van der Waals surface area contributed by atoms with E-state index in [1.54, 1.807) is 0 Å². The third-order valence-electron chi connectivity index (χ3n) is 5.14. The van der Waals surface area contributed by atoms with Crippen molar-refractivity contribution in [2.45, 2.75) is 32.5 Å². The van der Waals surface area contributed by atoms with Gasteiger partial charge in [-0.1, -0.05) is 30.3 Å². The van der Waals surface area contributed by atoms with Gasteiger partial charge in [-0.05, 0) is 31.2 Å². The van der Waals surface area contributed by atoms with E-state index < -0.39 is 0 Å². The fourth-order valence-corrected chi connectivity index (χ4v) is 3.69. The van der Waals surface area contributed by atoms with Gasteiger partial charge in [0.15, 0.2) is 0 Å². The summed E-state index contributed by atoms with van der Waals surface area (Å²) in [5, 5.41) is 0. The van der Waals surface area contributed by atoms with E-state index in [9.17, 15) is 4.79 Å². The van der Waals surface area contributed by atoms with Gasteiger partial charge in [-0.2, -0.15) is 0 Å². The van der Waals surface area contributed by atoms with E-state index >= 15 is 0 Å². The molecule has 2 aliphatic rings. The number of piperidine rings is 1. The molecule has 0 bridgehead atoms. The topological polar surface area (TPSA) is 42.0 Å². The van der Waals surface area contributed by atoms with E-state index in [4.69, 9.17) is 9.47 Å². The maximum absolute atomic E-state index is 12.7. The molecule has 2 unspecified atom stereocenters. The number of carbonyl (C=O) groups excluding carboxylic acids is 1. The van der Waals surface area contributed by atoms with Crippen LogP contribution in [0.3, 0.4) is 0 Å². The van der Waals surface area contributed by atoms with Crippen LogP contribution in [0, 0.1) is 5.92 Å². The Balaban J connectivity index is 1.45. The fraction of sp³-hybridized carbons (Fsp3) is 0.650. The van der Waals surface area contributed by atoms with Crippen molar-refractivity contribution in [3.8, 4) is 0 Å². The summed E-state index contributed by atoms with van der Waals surface area (Å²) in [5.41, 5.74) is 1.10. The Labute approximate surface area is 150 Å². The predicted octanol–water partition coefficient (Wildman–Crippen LogP) is 2.16. The number of nitrogens with zero attached hydrogens (tertiary/aromatic N) is 2. The summed E-state index contributed by atoms with van der Waals surface area (Å²) < 4.78 is 11.2. The van der Waals surface area contributed by atoms with Crippen LogP contribution in [0.1, 0.15) is 25.3 Å². The normalized spacial score (nSPS) is 23.4. The van der Waals surface area contributed by atoms with Gasteiger partial charge in [0.2, 0.25) is 0 Å². The average Bonchev–Trinajstić information content (AvgIpc) is 2.67. The lowest BCUT2D eigenvalue weighted by molar-refractivity contribution is -0.145. The number of ether oxygens (including phenoxy) is 2. The lowest BCUT2D eigenvalue weighted by Gasteiger charge is -2.37. The van der Waals surface area contributed by atoms with Crippen molar-refractivity contribution in [3.05, 3.63) is 35.9 Å². The van der Waals surface area contributed by atoms with Gasteiger partial charge >= 0.3 is 0 Å². The van der Waals surface area contributed by atoms with Crippen molar-refractivity contribution < 1.29 is 14.3 Å². The molecule has 0 aliphatic carbocycles. The summed E-state index contributed by atoms with van der Waals surface area (Å²) in [7, 11) is 0. The number of carbonyl (C=O) groups is 1. The van der Waals surface area contributed by atoms with Crippen LogP contribution in [0.25, 0.3) is 0 Å². The molecule has 1 aromatic rings. The Morgan fingerprint density at radius 3 is 2.76 bits per heavy atom. The Morgan fingerprint density at radius 1 is 1.24 bits per heavy atom. The molecule has 2 heterocycles.